The molecule has 0 spiro atoms. The second kappa shape index (κ2) is 7.43. The zero-order chi connectivity index (χ0) is 20.1. The van der Waals surface area contributed by atoms with Gasteiger partial charge in [0.2, 0.25) is 5.91 Å². The molecule has 2 aliphatic carbocycles. The molecule has 2 unspecified atom stereocenters. The third kappa shape index (κ3) is 3.82. The van der Waals surface area contributed by atoms with Crippen molar-refractivity contribution in [2.75, 3.05) is 5.75 Å². The Kier molecular flexibility index (Phi) is 4.90. The summed E-state index contributed by atoms with van der Waals surface area (Å²) in [6.07, 6.45) is 4.99. The van der Waals surface area contributed by atoms with Crippen molar-refractivity contribution in [3.63, 3.8) is 0 Å². The molecule has 3 heterocycles. The van der Waals surface area contributed by atoms with E-state index in [1.807, 2.05) is 11.0 Å². The quantitative estimate of drug-likeness (QED) is 0.378. The lowest BCUT2D eigenvalue weighted by atomic mass is 10.2. The largest absolute Gasteiger partial charge is 0.464 e. The van der Waals surface area contributed by atoms with E-state index in [0.29, 0.717) is 24.3 Å². The van der Waals surface area contributed by atoms with Crippen molar-refractivity contribution >= 4 is 39.2 Å². The molecule has 2 aliphatic rings. The normalized spacial score (nSPS) is 20.9. The summed E-state index contributed by atoms with van der Waals surface area (Å²) in [4.78, 5) is 26.2. The SMILES string of the molecule is Cc1sc2ncnc(SCC(=O)N(Cc3ccc(C4CC4C)o3)C3CC3)c2c1C. The molecule has 3 aromatic rings. The monoisotopic (exact) mass is 427 g/mol. The summed E-state index contributed by atoms with van der Waals surface area (Å²) in [6, 6.07) is 4.49. The third-order valence-electron chi connectivity index (χ3n) is 6.05. The van der Waals surface area contributed by atoms with Gasteiger partial charge in [0.15, 0.2) is 0 Å². The van der Waals surface area contributed by atoms with Crippen molar-refractivity contribution in [3.05, 3.63) is 40.4 Å². The number of amides is 1. The highest BCUT2D eigenvalue weighted by Gasteiger charge is 2.37. The van der Waals surface area contributed by atoms with Crippen LogP contribution in [-0.4, -0.2) is 32.6 Å². The number of aromatic nitrogens is 2. The number of fused-ring (bicyclic) bond motifs is 1. The highest BCUT2D eigenvalue weighted by Crippen LogP contribution is 2.47. The highest BCUT2D eigenvalue weighted by atomic mass is 32.2. The Morgan fingerprint density at radius 2 is 2.10 bits per heavy atom. The van der Waals surface area contributed by atoms with Gasteiger partial charge in [0.25, 0.3) is 0 Å². The van der Waals surface area contributed by atoms with Crippen LogP contribution in [0.1, 0.15) is 54.1 Å². The molecule has 0 radical (unpaired) electrons. The van der Waals surface area contributed by atoms with Crippen molar-refractivity contribution in [2.24, 2.45) is 5.92 Å². The standard InChI is InChI=1S/C22H25N3O2S2/c1-12-8-17(12)18-7-6-16(27-18)9-25(15-4-5-15)19(26)10-28-21-20-13(2)14(3)29-22(20)24-11-23-21/h6-7,11-12,15,17H,4-5,8-10H2,1-3H3. The molecule has 0 aromatic carbocycles. The van der Waals surface area contributed by atoms with Crippen molar-refractivity contribution in [1.29, 1.82) is 0 Å². The van der Waals surface area contributed by atoms with E-state index in [0.717, 1.165) is 45.5 Å². The van der Waals surface area contributed by atoms with Gasteiger partial charge in [0.1, 0.15) is 27.7 Å². The summed E-state index contributed by atoms with van der Waals surface area (Å²) in [5.74, 6) is 3.83. The van der Waals surface area contributed by atoms with Crippen LogP contribution in [0, 0.1) is 19.8 Å². The number of hydrogen-bond donors (Lipinski definition) is 0. The minimum atomic E-state index is 0.159. The first kappa shape index (κ1) is 19.1. The molecule has 29 heavy (non-hydrogen) atoms. The lowest BCUT2D eigenvalue weighted by molar-refractivity contribution is -0.129. The predicted octanol–water partition coefficient (Wildman–Crippen LogP) is 5.31. The molecular formula is C22H25N3O2S2. The van der Waals surface area contributed by atoms with Crippen molar-refractivity contribution in [1.82, 2.24) is 14.9 Å². The van der Waals surface area contributed by atoms with E-state index < -0.39 is 0 Å². The fourth-order valence-corrected chi connectivity index (χ4v) is 5.85. The number of aryl methyl sites for hydroxylation is 2. The van der Waals surface area contributed by atoms with Gasteiger partial charge in [-0.25, -0.2) is 9.97 Å². The lowest BCUT2D eigenvalue weighted by Gasteiger charge is -2.21. The Balaban J connectivity index is 1.28. The second-order valence-corrected chi connectivity index (χ2v) is 10.5. The van der Waals surface area contributed by atoms with E-state index >= 15 is 0 Å². The zero-order valence-electron chi connectivity index (χ0n) is 17.0. The van der Waals surface area contributed by atoms with Crippen molar-refractivity contribution < 1.29 is 9.21 Å². The molecule has 2 fully saturated rings. The minimum Gasteiger partial charge on any atom is -0.464 e. The first-order valence-electron chi connectivity index (χ1n) is 10.2. The average molecular weight is 428 g/mol. The molecule has 0 saturated heterocycles. The number of nitrogens with zero attached hydrogens (tertiary/aromatic N) is 3. The molecule has 5 nitrogen and oxygen atoms in total. The van der Waals surface area contributed by atoms with Gasteiger partial charge in [-0.05, 0) is 56.7 Å². The summed E-state index contributed by atoms with van der Waals surface area (Å²) in [5.41, 5.74) is 1.22. The average Bonchev–Trinajstić information content (AvgIpc) is 3.61. The predicted molar refractivity (Wildman–Crippen MR) is 116 cm³/mol. The van der Waals surface area contributed by atoms with Gasteiger partial charge in [-0.15, -0.1) is 11.3 Å². The molecule has 5 rings (SSSR count). The van der Waals surface area contributed by atoms with E-state index in [4.69, 9.17) is 4.42 Å². The van der Waals surface area contributed by atoms with Crippen molar-refractivity contribution in [2.45, 2.75) is 63.6 Å². The molecule has 2 saturated carbocycles. The van der Waals surface area contributed by atoms with E-state index in [1.165, 1.54) is 28.6 Å². The number of thiophene rings is 1. The molecule has 152 valence electrons. The Bertz CT molecular complexity index is 1070. The molecule has 7 heteroatoms. The van der Waals surface area contributed by atoms with Crippen molar-refractivity contribution in [3.8, 4) is 0 Å². The van der Waals surface area contributed by atoms with E-state index in [9.17, 15) is 4.79 Å². The number of rotatable bonds is 7. The van der Waals surface area contributed by atoms with Crippen LogP contribution in [-0.2, 0) is 11.3 Å². The smallest absolute Gasteiger partial charge is 0.233 e. The first-order chi connectivity index (χ1) is 14.0. The topological polar surface area (TPSA) is 59.2 Å². The maximum absolute atomic E-state index is 13.1. The maximum Gasteiger partial charge on any atom is 0.233 e. The van der Waals surface area contributed by atoms with Crippen LogP contribution in [0.3, 0.4) is 0 Å². The van der Waals surface area contributed by atoms with Gasteiger partial charge in [-0.2, -0.15) is 0 Å². The van der Waals surface area contributed by atoms with Crippen LogP contribution < -0.4 is 0 Å². The molecule has 0 aliphatic heterocycles. The van der Waals surface area contributed by atoms with Gasteiger partial charge >= 0.3 is 0 Å². The van der Waals surface area contributed by atoms with E-state index in [-0.39, 0.29) is 5.91 Å². The van der Waals surface area contributed by atoms with Crippen LogP contribution in [0.5, 0.6) is 0 Å². The Labute approximate surface area is 178 Å². The number of carbonyl (C=O) groups excluding carboxylic acids is 1. The van der Waals surface area contributed by atoms with E-state index in [1.54, 1.807) is 17.7 Å². The maximum atomic E-state index is 13.1. The lowest BCUT2D eigenvalue weighted by Crippen LogP contribution is -2.33. The molecular weight excluding hydrogens is 402 g/mol. The third-order valence-corrected chi connectivity index (χ3v) is 8.14. The Hall–Kier alpha value is -1.86. The second-order valence-electron chi connectivity index (χ2n) is 8.31. The van der Waals surface area contributed by atoms with Crippen LogP contribution in [0.25, 0.3) is 10.2 Å². The Morgan fingerprint density at radius 1 is 1.31 bits per heavy atom. The molecule has 1 amide bonds. The summed E-state index contributed by atoms with van der Waals surface area (Å²) in [6.45, 7) is 7.04. The summed E-state index contributed by atoms with van der Waals surface area (Å²) >= 11 is 3.21. The van der Waals surface area contributed by atoms with Crippen LogP contribution in [0.4, 0.5) is 0 Å². The van der Waals surface area contributed by atoms with Gasteiger partial charge in [-0.3, -0.25) is 4.79 Å². The highest BCUT2D eigenvalue weighted by molar-refractivity contribution is 8.00. The fraction of sp³-hybridized carbons (Fsp3) is 0.500. The van der Waals surface area contributed by atoms with Gasteiger partial charge < -0.3 is 9.32 Å². The summed E-state index contributed by atoms with van der Waals surface area (Å²) in [5, 5.41) is 2.00. The number of furan rings is 1. The summed E-state index contributed by atoms with van der Waals surface area (Å²) < 4.78 is 6.06. The number of carbonyl (C=O) groups is 1. The fourth-order valence-electron chi connectivity index (χ4n) is 3.84. The van der Waals surface area contributed by atoms with Gasteiger partial charge in [0, 0.05) is 22.2 Å². The zero-order valence-corrected chi connectivity index (χ0v) is 18.6. The van der Waals surface area contributed by atoms with Crippen LogP contribution >= 0.6 is 23.1 Å². The molecule has 3 aromatic heterocycles. The minimum absolute atomic E-state index is 0.159. The molecule has 2 atom stereocenters. The van der Waals surface area contributed by atoms with Crippen LogP contribution in [0.15, 0.2) is 27.9 Å². The molecule has 0 bridgehead atoms. The van der Waals surface area contributed by atoms with Crippen LogP contribution in [0.2, 0.25) is 0 Å². The molecule has 0 N–H and O–H groups in total. The Morgan fingerprint density at radius 3 is 2.83 bits per heavy atom. The number of hydrogen-bond acceptors (Lipinski definition) is 6. The van der Waals surface area contributed by atoms with Gasteiger partial charge in [-0.1, -0.05) is 18.7 Å². The van der Waals surface area contributed by atoms with Gasteiger partial charge in [0.05, 0.1) is 12.3 Å². The number of thioether (sulfide) groups is 1. The first-order valence-corrected chi connectivity index (χ1v) is 12.0. The van der Waals surface area contributed by atoms with E-state index in [2.05, 4.69) is 36.8 Å². The summed E-state index contributed by atoms with van der Waals surface area (Å²) in [7, 11) is 0.